The molecule has 24 heavy (non-hydrogen) atoms. The molecule has 0 aromatic heterocycles. The first-order valence-corrected chi connectivity index (χ1v) is 7.52. The molecule has 8 nitrogen and oxygen atoms in total. The summed E-state index contributed by atoms with van der Waals surface area (Å²) in [6, 6.07) is 6.24. The minimum absolute atomic E-state index is 0.261. The monoisotopic (exact) mass is 336 g/mol. The summed E-state index contributed by atoms with van der Waals surface area (Å²) < 4.78 is 15.6. The van der Waals surface area contributed by atoms with Crippen LogP contribution < -0.4 is 14.8 Å². The van der Waals surface area contributed by atoms with Gasteiger partial charge in [0.05, 0.1) is 7.11 Å². The van der Waals surface area contributed by atoms with E-state index in [1.165, 1.54) is 13.8 Å². The van der Waals surface area contributed by atoms with Gasteiger partial charge in [-0.15, -0.1) is 0 Å². The fourth-order valence-electron chi connectivity index (χ4n) is 2.13. The number of nitrogens with zero attached hydrogens (tertiary/aromatic N) is 1. The minimum atomic E-state index is -1.07. The number of carbonyl (C=O) groups excluding carboxylic acids is 3. The van der Waals surface area contributed by atoms with Crippen LogP contribution in [0.4, 0.5) is 4.79 Å². The topological polar surface area (TPSA) is 94.2 Å². The normalized spacial score (nSPS) is 16.1. The summed E-state index contributed by atoms with van der Waals surface area (Å²) in [5.74, 6) is -0.111. The average Bonchev–Trinajstić information content (AvgIpc) is 3.00. The van der Waals surface area contributed by atoms with Crippen LogP contribution in [-0.4, -0.2) is 55.2 Å². The van der Waals surface area contributed by atoms with Crippen LogP contribution in [0.25, 0.3) is 0 Å². The number of amides is 3. The van der Waals surface area contributed by atoms with Crippen LogP contribution in [0.15, 0.2) is 24.3 Å². The Labute approximate surface area is 139 Å². The van der Waals surface area contributed by atoms with Crippen LogP contribution in [0.3, 0.4) is 0 Å². The summed E-state index contributed by atoms with van der Waals surface area (Å²) in [7, 11) is 1.55. The number of hydrogen-bond donors (Lipinski definition) is 1. The van der Waals surface area contributed by atoms with Crippen molar-refractivity contribution in [2.75, 3.05) is 20.2 Å². The van der Waals surface area contributed by atoms with Gasteiger partial charge in [0.15, 0.2) is 12.2 Å². The highest BCUT2D eigenvalue weighted by atomic mass is 16.6. The molecule has 1 N–H and O–H groups in total. The third kappa shape index (κ3) is 4.15. The third-order valence-corrected chi connectivity index (χ3v) is 3.47. The van der Waals surface area contributed by atoms with Crippen LogP contribution >= 0.6 is 0 Å². The van der Waals surface area contributed by atoms with Crippen LogP contribution in [0.5, 0.6) is 11.5 Å². The number of methoxy groups -OCH3 is 1. The summed E-state index contributed by atoms with van der Waals surface area (Å²) in [4.78, 5) is 36.6. The molecule has 130 valence electrons. The molecule has 0 bridgehead atoms. The lowest BCUT2D eigenvalue weighted by Gasteiger charge is -2.20. The van der Waals surface area contributed by atoms with Gasteiger partial charge in [-0.05, 0) is 38.1 Å². The predicted molar refractivity (Wildman–Crippen MR) is 83.7 cm³/mol. The Balaban J connectivity index is 1.88. The standard InChI is InChI=1S/C16H20N2O6/c1-10(14(19)18-9-8-17-16(18)21)24-15(20)11(2)23-13-6-4-12(22-3)5-7-13/h4-7,10-11H,8-9H2,1-3H3,(H,17,21)/t10-,11-/m0/s1. The largest absolute Gasteiger partial charge is 0.497 e. The molecule has 2 rings (SSSR count). The average molecular weight is 336 g/mol. The fourth-order valence-corrected chi connectivity index (χ4v) is 2.13. The smallest absolute Gasteiger partial charge is 0.347 e. The van der Waals surface area contributed by atoms with Gasteiger partial charge in [0.25, 0.3) is 5.91 Å². The number of benzene rings is 1. The Hall–Kier alpha value is -2.77. The summed E-state index contributed by atoms with van der Waals surface area (Å²) >= 11 is 0. The van der Waals surface area contributed by atoms with Gasteiger partial charge in [-0.2, -0.15) is 0 Å². The number of rotatable bonds is 6. The van der Waals surface area contributed by atoms with E-state index in [0.29, 0.717) is 18.0 Å². The quantitative estimate of drug-likeness (QED) is 0.777. The van der Waals surface area contributed by atoms with Gasteiger partial charge >= 0.3 is 12.0 Å². The molecule has 1 heterocycles. The van der Waals surface area contributed by atoms with Gasteiger partial charge in [0.2, 0.25) is 0 Å². The van der Waals surface area contributed by atoms with E-state index in [9.17, 15) is 14.4 Å². The second kappa shape index (κ2) is 7.67. The molecule has 1 aromatic rings. The van der Waals surface area contributed by atoms with Crippen molar-refractivity contribution in [2.45, 2.75) is 26.1 Å². The molecule has 1 aliphatic heterocycles. The van der Waals surface area contributed by atoms with E-state index in [2.05, 4.69) is 5.32 Å². The lowest BCUT2D eigenvalue weighted by Crippen LogP contribution is -2.43. The second-order valence-electron chi connectivity index (χ2n) is 5.24. The molecule has 0 aliphatic carbocycles. The number of urea groups is 1. The Bertz CT molecular complexity index is 615. The molecule has 1 fully saturated rings. The van der Waals surface area contributed by atoms with Crippen molar-refractivity contribution < 1.29 is 28.6 Å². The molecule has 3 amide bonds. The zero-order valence-corrected chi connectivity index (χ0v) is 13.8. The lowest BCUT2D eigenvalue weighted by atomic mass is 10.3. The highest BCUT2D eigenvalue weighted by Gasteiger charge is 2.32. The first kappa shape index (κ1) is 17.6. The second-order valence-corrected chi connectivity index (χ2v) is 5.24. The SMILES string of the molecule is COc1ccc(O[C@@H](C)C(=O)O[C@@H](C)C(=O)N2CCNC2=O)cc1. The number of carbonyl (C=O) groups is 3. The van der Waals surface area contributed by atoms with E-state index >= 15 is 0 Å². The lowest BCUT2D eigenvalue weighted by molar-refractivity contribution is -0.163. The van der Waals surface area contributed by atoms with Crippen molar-refractivity contribution in [1.29, 1.82) is 0 Å². The van der Waals surface area contributed by atoms with Crippen molar-refractivity contribution in [3.05, 3.63) is 24.3 Å². The number of nitrogens with one attached hydrogen (secondary N) is 1. The van der Waals surface area contributed by atoms with E-state index in [1.54, 1.807) is 31.4 Å². The Morgan fingerprint density at radius 1 is 1.12 bits per heavy atom. The number of hydrogen-bond acceptors (Lipinski definition) is 6. The van der Waals surface area contributed by atoms with E-state index in [-0.39, 0.29) is 6.54 Å². The van der Waals surface area contributed by atoms with E-state index in [1.807, 2.05) is 0 Å². The maximum absolute atomic E-state index is 12.1. The van der Waals surface area contributed by atoms with E-state index in [4.69, 9.17) is 14.2 Å². The van der Waals surface area contributed by atoms with Crippen LogP contribution in [0, 0.1) is 0 Å². The molecule has 1 saturated heterocycles. The van der Waals surface area contributed by atoms with Gasteiger partial charge in [0.1, 0.15) is 11.5 Å². The van der Waals surface area contributed by atoms with Crippen molar-refractivity contribution in [1.82, 2.24) is 10.2 Å². The predicted octanol–water partition coefficient (Wildman–Crippen LogP) is 0.946. The molecule has 2 atom stereocenters. The van der Waals surface area contributed by atoms with Crippen molar-refractivity contribution in [3.63, 3.8) is 0 Å². The maximum Gasteiger partial charge on any atom is 0.347 e. The number of imide groups is 1. The number of ether oxygens (including phenoxy) is 3. The third-order valence-electron chi connectivity index (χ3n) is 3.47. The Morgan fingerprint density at radius 3 is 2.29 bits per heavy atom. The molecule has 0 spiro atoms. The molecular weight excluding hydrogens is 316 g/mol. The summed E-state index contributed by atoms with van der Waals surface area (Å²) in [5, 5.41) is 2.51. The molecule has 1 aliphatic rings. The minimum Gasteiger partial charge on any atom is -0.497 e. The van der Waals surface area contributed by atoms with Crippen molar-refractivity contribution >= 4 is 17.9 Å². The number of esters is 1. The summed E-state index contributed by atoms with van der Waals surface area (Å²) in [6.45, 7) is 3.60. The molecule has 0 unspecified atom stereocenters. The first-order chi connectivity index (χ1) is 11.4. The van der Waals surface area contributed by atoms with Crippen molar-refractivity contribution in [3.8, 4) is 11.5 Å². The van der Waals surface area contributed by atoms with E-state index in [0.717, 1.165) is 4.90 Å². The van der Waals surface area contributed by atoms with Crippen LogP contribution in [-0.2, 0) is 14.3 Å². The highest BCUT2D eigenvalue weighted by molar-refractivity contribution is 5.98. The highest BCUT2D eigenvalue weighted by Crippen LogP contribution is 2.18. The zero-order chi connectivity index (χ0) is 17.7. The van der Waals surface area contributed by atoms with Crippen LogP contribution in [0.1, 0.15) is 13.8 Å². The Morgan fingerprint density at radius 2 is 1.75 bits per heavy atom. The molecule has 1 aromatic carbocycles. The van der Waals surface area contributed by atoms with Gasteiger partial charge in [0, 0.05) is 13.1 Å². The molecule has 0 radical (unpaired) electrons. The molecule has 0 saturated carbocycles. The van der Waals surface area contributed by atoms with Crippen LogP contribution in [0.2, 0.25) is 0 Å². The fraction of sp³-hybridized carbons (Fsp3) is 0.438. The van der Waals surface area contributed by atoms with Gasteiger partial charge in [-0.1, -0.05) is 0 Å². The maximum atomic E-state index is 12.1. The van der Waals surface area contributed by atoms with Gasteiger partial charge < -0.3 is 19.5 Å². The Kier molecular flexibility index (Phi) is 5.62. The molecule has 8 heteroatoms. The zero-order valence-electron chi connectivity index (χ0n) is 13.8. The van der Waals surface area contributed by atoms with Gasteiger partial charge in [-0.3, -0.25) is 9.69 Å². The molecular formula is C16H20N2O6. The van der Waals surface area contributed by atoms with E-state index < -0.39 is 30.1 Å². The summed E-state index contributed by atoms with van der Waals surface area (Å²) in [5.41, 5.74) is 0. The van der Waals surface area contributed by atoms with Gasteiger partial charge in [-0.25, -0.2) is 9.59 Å². The summed E-state index contributed by atoms with van der Waals surface area (Å²) in [6.07, 6.45) is -1.97. The first-order valence-electron chi connectivity index (χ1n) is 7.52. The van der Waals surface area contributed by atoms with Crippen molar-refractivity contribution in [2.24, 2.45) is 0 Å².